The van der Waals surface area contributed by atoms with E-state index in [1.54, 1.807) is 12.4 Å². The van der Waals surface area contributed by atoms with Crippen LogP contribution >= 0.6 is 0 Å². The summed E-state index contributed by atoms with van der Waals surface area (Å²) < 4.78 is 0. The van der Waals surface area contributed by atoms with Gasteiger partial charge in [-0.3, -0.25) is 0 Å². The first kappa shape index (κ1) is 10.6. The van der Waals surface area contributed by atoms with Crippen LogP contribution in [-0.2, 0) is 6.54 Å². The molecule has 2 rings (SSSR count). The van der Waals surface area contributed by atoms with Crippen LogP contribution in [0.25, 0.3) is 0 Å². The van der Waals surface area contributed by atoms with E-state index in [9.17, 15) is 0 Å². The van der Waals surface area contributed by atoms with E-state index in [2.05, 4.69) is 22.2 Å². The fourth-order valence-corrected chi connectivity index (χ4v) is 2.12. The Morgan fingerprint density at radius 3 is 2.53 bits per heavy atom. The normalized spacial score (nSPS) is 26.5. The van der Waals surface area contributed by atoms with Crippen molar-refractivity contribution >= 4 is 0 Å². The number of nitrogens with one attached hydrogen (secondary N) is 1. The van der Waals surface area contributed by atoms with Crippen LogP contribution in [0, 0.1) is 5.92 Å². The molecule has 0 aliphatic heterocycles. The summed E-state index contributed by atoms with van der Waals surface area (Å²) in [5, 5.41) is 3.53. The van der Waals surface area contributed by atoms with Crippen LogP contribution in [0.3, 0.4) is 0 Å². The highest BCUT2D eigenvalue weighted by molar-refractivity contribution is 4.89. The molecule has 0 radical (unpaired) electrons. The van der Waals surface area contributed by atoms with Gasteiger partial charge in [-0.25, -0.2) is 9.97 Å². The van der Waals surface area contributed by atoms with Gasteiger partial charge in [0.15, 0.2) is 0 Å². The van der Waals surface area contributed by atoms with Gasteiger partial charge in [0.1, 0.15) is 5.82 Å². The Balaban J connectivity index is 1.74. The molecule has 15 heavy (non-hydrogen) atoms. The van der Waals surface area contributed by atoms with Crippen molar-refractivity contribution in [1.82, 2.24) is 15.3 Å². The lowest BCUT2D eigenvalue weighted by Gasteiger charge is -2.26. The highest BCUT2D eigenvalue weighted by atomic mass is 15.0. The molecule has 1 heterocycles. The maximum absolute atomic E-state index is 4.20. The van der Waals surface area contributed by atoms with Crippen molar-refractivity contribution in [2.75, 3.05) is 0 Å². The van der Waals surface area contributed by atoms with Crippen molar-refractivity contribution in [3.8, 4) is 0 Å². The number of nitrogens with zero attached hydrogens (tertiary/aromatic N) is 2. The molecule has 1 saturated carbocycles. The van der Waals surface area contributed by atoms with Crippen molar-refractivity contribution in [1.29, 1.82) is 0 Å². The van der Waals surface area contributed by atoms with Crippen LogP contribution in [0.1, 0.15) is 38.4 Å². The number of hydrogen-bond acceptors (Lipinski definition) is 3. The molecular weight excluding hydrogens is 186 g/mol. The molecule has 0 aromatic carbocycles. The second-order valence-corrected chi connectivity index (χ2v) is 4.50. The van der Waals surface area contributed by atoms with E-state index >= 15 is 0 Å². The molecule has 0 amide bonds. The van der Waals surface area contributed by atoms with Crippen molar-refractivity contribution < 1.29 is 0 Å². The molecule has 0 unspecified atom stereocenters. The van der Waals surface area contributed by atoms with E-state index < -0.39 is 0 Å². The third-order valence-electron chi connectivity index (χ3n) is 3.18. The van der Waals surface area contributed by atoms with Crippen LogP contribution in [0.2, 0.25) is 0 Å². The van der Waals surface area contributed by atoms with Crippen LogP contribution < -0.4 is 5.32 Å². The fraction of sp³-hybridized carbons (Fsp3) is 0.667. The van der Waals surface area contributed by atoms with Crippen molar-refractivity contribution in [2.24, 2.45) is 5.92 Å². The lowest BCUT2D eigenvalue weighted by molar-refractivity contribution is 0.305. The Bertz CT molecular complexity index is 278. The molecule has 0 bridgehead atoms. The quantitative estimate of drug-likeness (QED) is 0.821. The molecule has 1 aliphatic carbocycles. The Labute approximate surface area is 91.3 Å². The fourth-order valence-electron chi connectivity index (χ4n) is 2.12. The monoisotopic (exact) mass is 205 g/mol. The summed E-state index contributed by atoms with van der Waals surface area (Å²) in [7, 11) is 0. The van der Waals surface area contributed by atoms with Crippen LogP contribution in [0.5, 0.6) is 0 Å². The van der Waals surface area contributed by atoms with Crippen molar-refractivity contribution in [3.63, 3.8) is 0 Å². The molecule has 82 valence electrons. The van der Waals surface area contributed by atoms with Gasteiger partial charge in [-0.2, -0.15) is 0 Å². The maximum atomic E-state index is 4.20. The van der Waals surface area contributed by atoms with Gasteiger partial charge in [-0.05, 0) is 37.7 Å². The molecule has 0 saturated heterocycles. The molecule has 1 N–H and O–H groups in total. The van der Waals surface area contributed by atoms with E-state index in [-0.39, 0.29) is 0 Å². The average Bonchev–Trinajstić information content (AvgIpc) is 2.30. The third kappa shape index (κ3) is 3.27. The third-order valence-corrected chi connectivity index (χ3v) is 3.18. The number of aromatic nitrogens is 2. The van der Waals surface area contributed by atoms with E-state index in [4.69, 9.17) is 0 Å². The lowest BCUT2D eigenvalue weighted by atomic mass is 9.87. The topological polar surface area (TPSA) is 37.8 Å². The SMILES string of the molecule is CC1CCC(NCc2ncccn2)CC1. The van der Waals surface area contributed by atoms with Crippen LogP contribution in [0.15, 0.2) is 18.5 Å². The molecule has 3 nitrogen and oxygen atoms in total. The Kier molecular flexibility index (Phi) is 3.67. The predicted molar refractivity (Wildman–Crippen MR) is 60.3 cm³/mol. The molecule has 3 heteroatoms. The van der Waals surface area contributed by atoms with Gasteiger partial charge in [0.2, 0.25) is 0 Å². The molecule has 1 aromatic rings. The summed E-state index contributed by atoms with van der Waals surface area (Å²) in [4.78, 5) is 8.41. The molecule has 1 aromatic heterocycles. The lowest BCUT2D eigenvalue weighted by Crippen LogP contribution is -2.32. The van der Waals surface area contributed by atoms with Gasteiger partial charge in [0.25, 0.3) is 0 Å². The minimum atomic E-state index is 0.671. The van der Waals surface area contributed by atoms with Gasteiger partial charge in [-0.15, -0.1) is 0 Å². The standard InChI is InChI=1S/C12H19N3/c1-10-3-5-11(6-4-10)15-9-12-13-7-2-8-14-12/h2,7-8,10-11,15H,3-6,9H2,1H3. The summed E-state index contributed by atoms with van der Waals surface area (Å²) in [5.74, 6) is 1.81. The zero-order chi connectivity index (χ0) is 10.5. The minimum Gasteiger partial charge on any atom is -0.307 e. The summed E-state index contributed by atoms with van der Waals surface area (Å²) in [6.07, 6.45) is 8.91. The van der Waals surface area contributed by atoms with E-state index in [0.29, 0.717) is 6.04 Å². The van der Waals surface area contributed by atoms with E-state index in [1.807, 2.05) is 6.07 Å². The average molecular weight is 205 g/mol. The van der Waals surface area contributed by atoms with Crippen LogP contribution in [-0.4, -0.2) is 16.0 Å². The van der Waals surface area contributed by atoms with Crippen LogP contribution in [0.4, 0.5) is 0 Å². The van der Waals surface area contributed by atoms with Gasteiger partial charge >= 0.3 is 0 Å². The smallest absolute Gasteiger partial charge is 0.141 e. The summed E-state index contributed by atoms with van der Waals surface area (Å²) >= 11 is 0. The zero-order valence-electron chi connectivity index (χ0n) is 9.32. The molecular formula is C12H19N3. The molecule has 0 atom stereocenters. The van der Waals surface area contributed by atoms with E-state index in [1.165, 1.54) is 25.7 Å². The maximum Gasteiger partial charge on any atom is 0.141 e. The van der Waals surface area contributed by atoms with E-state index in [0.717, 1.165) is 18.3 Å². The van der Waals surface area contributed by atoms with Crippen molar-refractivity contribution in [3.05, 3.63) is 24.3 Å². The number of rotatable bonds is 3. The second-order valence-electron chi connectivity index (χ2n) is 4.50. The van der Waals surface area contributed by atoms with Crippen molar-refractivity contribution in [2.45, 2.75) is 45.2 Å². The molecule has 1 aliphatic rings. The second kappa shape index (κ2) is 5.21. The first-order chi connectivity index (χ1) is 7.34. The van der Waals surface area contributed by atoms with Gasteiger partial charge in [-0.1, -0.05) is 6.92 Å². The number of hydrogen-bond donors (Lipinski definition) is 1. The molecule has 0 spiro atoms. The minimum absolute atomic E-state index is 0.671. The van der Waals surface area contributed by atoms with Gasteiger partial charge < -0.3 is 5.32 Å². The highest BCUT2D eigenvalue weighted by Crippen LogP contribution is 2.23. The Morgan fingerprint density at radius 2 is 1.87 bits per heavy atom. The largest absolute Gasteiger partial charge is 0.307 e. The Hall–Kier alpha value is -0.960. The van der Waals surface area contributed by atoms with Gasteiger partial charge in [0, 0.05) is 18.4 Å². The van der Waals surface area contributed by atoms with Gasteiger partial charge in [0.05, 0.1) is 6.54 Å². The summed E-state index contributed by atoms with van der Waals surface area (Å²) in [6, 6.07) is 2.52. The zero-order valence-corrected chi connectivity index (χ0v) is 9.32. The Morgan fingerprint density at radius 1 is 1.20 bits per heavy atom. The first-order valence-corrected chi connectivity index (χ1v) is 5.84. The summed E-state index contributed by atoms with van der Waals surface area (Å²) in [6.45, 7) is 3.15. The summed E-state index contributed by atoms with van der Waals surface area (Å²) in [5.41, 5.74) is 0. The first-order valence-electron chi connectivity index (χ1n) is 5.84. The highest BCUT2D eigenvalue weighted by Gasteiger charge is 2.17. The predicted octanol–water partition coefficient (Wildman–Crippen LogP) is 2.14. The molecule has 1 fully saturated rings.